The summed E-state index contributed by atoms with van der Waals surface area (Å²) in [7, 11) is 0. The fourth-order valence-electron chi connectivity index (χ4n) is 6.43. The molecule has 2 atom stereocenters. The van der Waals surface area contributed by atoms with Crippen molar-refractivity contribution in [3.63, 3.8) is 0 Å². The molecule has 0 spiro atoms. The van der Waals surface area contributed by atoms with Gasteiger partial charge in [-0.2, -0.15) is 4.98 Å². The highest BCUT2D eigenvalue weighted by atomic mass is 19.1. The topological polar surface area (TPSA) is 125 Å². The van der Waals surface area contributed by atoms with Crippen LogP contribution in [0.2, 0.25) is 0 Å². The third kappa shape index (κ3) is 5.11. The molecule has 3 aromatic heterocycles. The van der Waals surface area contributed by atoms with Crippen LogP contribution < -0.4 is 10.6 Å². The number of phenols is 1. The smallest absolute Gasteiger partial charge is 0.407 e. The monoisotopic (exact) mass is 606 g/mol. The van der Waals surface area contributed by atoms with Crippen LogP contribution in [0.25, 0.3) is 28.0 Å². The maximum atomic E-state index is 16.0. The fraction of sp³-hybridized carbons (Fsp3) is 0.406. The van der Waals surface area contributed by atoms with Crippen LogP contribution in [0.5, 0.6) is 5.75 Å². The van der Waals surface area contributed by atoms with Crippen LogP contribution in [-0.4, -0.2) is 65.9 Å². The van der Waals surface area contributed by atoms with Crippen LogP contribution in [0.15, 0.2) is 41.3 Å². The summed E-state index contributed by atoms with van der Waals surface area (Å²) >= 11 is 0. The number of halogens is 2. The molecule has 1 aliphatic rings. The number of carbonyl (C=O) groups is 1. The van der Waals surface area contributed by atoms with E-state index >= 15 is 8.78 Å². The van der Waals surface area contributed by atoms with E-state index in [1.807, 2.05) is 53.4 Å². The van der Waals surface area contributed by atoms with E-state index in [0.29, 0.717) is 16.9 Å². The zero-order valence-corrected chi connectivity index (χ0v) is 25.8. The standard InChI is InChI=1S/C32H36F2N6O4/c1-16(2)24-26(17(3)11-12-35-24)40-29-19(15-21(34)25(36-29)23-20(33)9-8-10-22(23)41)28(37-30(40)42)38-13-14-39(31(43)44)27(18(38)4)32(5,6)7/h8-12,15-16,18,27,41H,13-14H2,1-7H3,(H,43,44)/t18-,27?/m0/s1. The summed E-state index contributed by atoms with van der Waals surface area (Å²) in [6.07, 6.45) is 0.579. The maximum Gasteiger partial charge on any atom is 0.407 e. The molecule has 1 fully saturated rings. The van der Waals surface area contributed by atoms with Crippen LogP contribution in [0, 0.1) is 24.0 Å². The Hall–Kier alpha value is -4.61. The van der Waals surface area contributed by atoms with E-state index in [-0.39, 0.29) is 35.9 Å². The number of anilines is 1. The molecule has 1 saturated heterocycles. The molecule has 4 aromatic rings. The van der Waals surface area contributed by atoms with Gasteiger partial charge in [0.2, 0.25) is 0 Å². The first kappa shape index (κ1) is 30.8. The third-order valence-electron chi connectivity index (χ3n) is 8.23. The van der Waals surface area contributed by atoms with Crippen molar-refractivity contribution in [2.45, 2.75) is 66.5 Å². The second-order valence-corrected chi connectivity index (χ2v) is 12.6. The fourth-order valence-corrected chi connectivity index (χ4v) is 6.43. The average molecular weight is 607 g/mol. The van der Waals surface area contributed by atoms with Crippen molar-refractivity contribution in [3.05, 3.63) is 69.9 Å². The van der Waals surface area contributed by atoms with Gasteiger partial charge in [-0.15, -0.1) is 0 Å². The number of aromatic nitrogens is 4. The van der Waals surface area contributed by atoms with Crippen molar-refractivity contribution in [2.24, 2.45) is 5.41 Å². The molecule has 1 amide bonds. The Morgan fingerprint density at radius 1 is 1.09 bits per heavy atom. The second kappa shape index (κ2) is 11.1. The van der Waals surface area contributed by atoms with Crippen LogP contribution in [-0.2, 0) is 0 Å². The van der Waals surface area contributed by atoms with Gasteiger partial charge in [0, 0.05) is 25.3 Å². The number of hydrogen-bond acceptors (Lipinski definition) is 7. The van der Waals surface area contributed by atoms with Gasteiger partial charge in [-0.3, -0.25) is 4.98 Å². The molecule has 44 heavy (non-hydrogen) atoms. The molecule has 10 nitrogen and oxygen atoms in total. The van der Waals surface area contributed by atoms with E-state index in [0.717, 1.165) is 12.1 Å². The van der Waals surface area contributed by atoms with Gasteiger partial charge in [0.05, 0.1) is 28.4 Å². The number of aromatic hydroxyl groups is 1. The molecule has 1 aromatic carbocycles. The van der Waals surface area contributed by atoms with Crippen molar-refractivity contribution in [3.8, 4) is 22.7 Å². The number of carboxylic acid groups (broad SMARTS) is 1. The molecule has 0 radical (unpaired) electrons. The highest BCUT2D eigenvalue weighted by Crippen LogP contribution is 2.39. The first-order chi connectivity index (χ1) is 20.6. The van der Waals surface area contributed by atoms with Gasteiger partial charge in [-0.1, -0.05) is 40.7 Å². The Labute approximate surface area is 253 Å². The Kier molecular flexibility index (Phi) is 7.81. The van der Waals surface area contributed by atoms with E-state index in [9.17, 15) is 19.8 Å². The first-order valence-electron chi connectivity index (χ1n) is 14.5. The molecule has 4 heterocycles. The van der Waals surface area contributed by atoms with Gasteiger partial charge in [0.25, 0.3) is 0 Å². The SMILES string of the molecule is Cc1ccnc(C(C)C)c1-n1c(=O)nc(N2CCN(C(=O)O)C(C(C)(C)C)[C@@H]2C)c2cc(F)c(-c3c(O)cccc3F)nc21. The number of amides is 1. The lowest BCUT2D eigenvalue weighted by molar-refractivity contribution is 0.0562. The van der Waals surface area contributed by atoms with E-state index in [1.165, 1.54) is 21.6 Å². The van der Waals surface area contributed by atoms with E-state index in [2.05, 4.69) is 15.0 Å². The lowest BCUT2D eigenvalue weighted by Gasteiger charge is -2.51. The van der Waals surface area contributed by atoms with Gasteiger partial charge in [0.1, 0.15) is 23.1 Å². The lowest BCUT2D eigenvalue weighted by Crippen LogP contribution is -2.64. The molecule has 232 valence electrons. The molecule has 2 N–H and O–H groups in total. The number of rotatable bonds is 4. The molecular formula is C32H36F2N6O4. The van der Waals surface area contributed by atoms with Crippen molar-refractivity contribution in [1.29, 1.82) is 0 Å². The number of piperazine rings is 1. The zero-order valence-electron chi connectivity index (χ0n) is 25.8. The number of aryl methyl sites for hydroxylation is 1. The minimum absolute atomic E-state index is 0.00257. The van der Waals surface area contributed by atoms with E-state index < -0.39 is 57.9 Å². The van der Waals surface area contributed by atoms with Crippen molar-refractivity contribution >= 4 is 22.9 Å². The number of hydrogen-bond donors (Lipinski definition) is 2. The molecule has 1 unspecified atom stereocenters. The van der Waals surface area contributed by atoms with Gasteiger partial charge in [0.15, 0.2) is 11.5 Å². The molecular weight excluding hydrogens is 570 g/mol. The first-order valence-corrected chi connectivity index (χ1v) is 14.5. The Morgan fingerprint density at radius 3 is 2.41 bits per heavy atom. The van der Waals surface area contributed by atoms with Gasteiger partial charge < -0.3 is 20.0 Å². The summed E-state index contributed by atoms with van der Waals surface area (Å²) in [5.41, 5.74) is -0.407. The Morgan fingerprint density at radius 2 is 1.80 bits per heavy atom. The summed E-state index contributed by atoms with van der Waals surface area (Å²) < 4.78 is 32.3. The van der Waals surface area contributed by atoms with Crippen molar-refractivity contribution in [1.82, 2.24) is 24.4 Å². The van der Waals surface area contributed by atoms with Crippen LogP contribution >= 0.6 is 0 Å². The second-order valence-electron chi connectivity index (χ2n) is 12.6. The predicted molar refractivity (Wildman–Crippen MR) is 164 cm³/mol. The Bertz CT molecular complexity index is 1810. The minimum Gasteiger partial charge on any atom is -0.507 e. The maximum absolute atomic E-state index is 16.0. The molecule has 0 aliphatic carbocycles. The van der Waals surface area contributed by atoms with Gasteiger partial charge in [-0.25, -0.2) is 27.9 Å². The highest BCUT2D eigenvalue weighted by molar-refractivity contribution is 5.91. The normalized spacial score (nSPS) is 17.5. The summed E-state index contributed by atoms with van der Waals surface area (Å²) in [6, 6.07) is 5.54. The summed E-state index contributed by atoms with van der Waals surface area (Å²) in [5.74, 6) is -2.30. The molecule has 12 heteroatoms. The van der Waals surface area contributed by atoms with E-state index in [1.54, 1.807) is 12.3 Å². The summed E-state index contributed by atoms with van der Waals surface area (Å²) in [4.78, 5) is 43.0. The minimum atomic E-state index is -1.06. The number of pyridine rings is 2. The predicted octanol–water partition coefficient (Wildman–Crippen LogP) is 5.86. The van der Waals surface area contributed by atoms with Gasteiger partial charge >= 0.3 is 11.8 Å². The molecule has 1 aliphatic heterocycles. The Balaban J connectivity index is 1.87. The number of nitrogens with zero attached hydrogens (tertiary/aromatic N) is 6. The van der Waals surface area contributed by atoms with Crippen molar-refractivity contribution in [2.75, 3.05) is 18.0 Å². The molecule has 5 rings (SSSR count). The van der Waals surface area contributed by atoms with Crippen LogP contribution in [0.1, 0.15) is 58.7 Å². The number of phenolic OH excluding ortho intramolecular Hbond substituents is 1. The lowest BCUT2D eigenvalue weighted by atomic mass is 9.80. The van der Waals surface area contributed by atoms with Crippen LogP contribution in [0.3, 0.4) is 0 Å². The molecule has 0 saturated carbocycles. The number of fused-ring (bicyclic) bond motifs is 1. The molecule has 0 bridgehead atoms. The van der Waals surface area contributed by atoms with Crippen LogP contribution in [0.4, 0.5) is 19.4 Å². The summed E-state index contributed by atoms with van der Waals surface area (Å²) in [5, 5.41) is 20.6. The number of benzene rings is 1. The van der Waals surface area contributed by atoms with E-state index in [4.69, 9.17) is 0 Å². The largest absolute Gasteiger partial charge is 0.507 e. The quantitative estimate of drug-likeness (QED) is 0.296. The van der Waals surface area contributed by atoms with Crippen molar-refractivity contribution < 1.29 is 23.8 Å². The zero-order chi connectivity index (χ0) is 32.2. The highest BCUT2D eigenvalue weighted by Gasteiger charge is 2.44. The summed E-state index contributed by atoms with van der Waals surface area (Å²) in [6.45, 7) is 13.6. The average Bonchev–Trinajstić information content (AvgIpc) is 2.92. The van der Waals surface area contributed by atoms with Gasteiger partial charge in [-0.05, 0) is 55.0 Å². The third-order valence-corrected chi connectivity index (χ3v) is 8.23.